The zero-order valence-electron chi connectivity index (χ0n) is 18.7. The van der Waals surface area contributed by atoms with Crippen LogP contribution in [0.2, 0.25) is 0 Å². The van der Waals surface area contributed by atoms with Gasteiger partial charge in [0, 0.05) is 17.8 Å². The van der Waals surface area contributed by atoms with Crippen molar-refractivity contribution < 1.29 is 32.6 Å². The van der Waals surface area contributed by atoms with Crippen molar-refractivity contribution in [3.8, 4) is 5.75 Å². The molecule has 10 heteroatoms. The molecule has 0 aromatic heterocycles. The standard InChI is InChI=1S/C23H20N3O2.C2HF3O2/c1-23(17-10-12-18(25-24)13-11-17)21(16-8-14-20(28-2)15-9-16)26(22(23)27)19-6-4-3-5-7-19;3-2(4,5)1(6)7/h3-15,21H,1-2H3;(H,6,7)/q+1;/p-1/t21-,23-;/m1./s1. The number of rotatable bonds is 4. The van der Waals surface area contributed by atoms with Crippen LogP contribution < -0.4 is 14.7 Å². The molecule has 0 unspecified atom stereocenters. The molecule has 1 saturated heterocycles. The van der Waals surface area contributed by atoms with Crippen molar-refractivity contribution in [3.05, 3.63) is 95.0 Å². The topological polar surface area (TPSA) is 97.8 Å². The van der Waals surface area contributed by atoms with Crippen molar-refractivity contribution in [1.29, 1.82) is 5.39 Å². The molecule has 7 nitrogen and oxygen atoms in total. The molecule has 0 saturated carbocycles. The monoisotopic (exact) mass is 483 g/mol. The van der Waals surface area contributed by atoms with E-state index >= 15 is 0 Å². The van der Waals surface area contributed by atoms with Crippen molar-refractivity contribution in [2.45, 2.75) is 24.6 Å². The maximum absolute atomic E-state index is 13.4. The number of para-hydroxylation sites is 1. The second-order valence-electron chi connectivity index (χ2n) is 7.82. The molecule has 35 heavy (non-hydrogen) atoms. The molecule has 1 aliphatic heterocycles. The Balaban J connectivity index is 0.000000429. The van der Waals surface area contributed by atoms with Gasteiger partial charge in [0.15, 0.2) is 4.98 Å². The number of ether oxygens (including phenoxy) is 1. The fraction of sp³-hybridized carbons (Fsp3) is 0.200. The number of hydrogen-bond donors (Lipinski definition) is 0. The number of methoxy groups -OCH3 is 1. The number of diazo groups is 1. The normalized spacial score (nSPS) is 19.0. The van der Waals surface area contributed by atoms with E-state index in [1.54, 1.807) is 19.2 Å². The van der Waals surface area contributed by atoms with Crippen LogP contribution in [0, 0.1) is 5.39 Å². The maximum Gasteiger partial charge on any atom is 0.430 e. The molecular formula is C25H20F3N3O4. The summed E-state index contributed by atoms with van der Waals surface area (Å²) in [6.45, 7) is 1.97. The van der Waals surface area contributed by atoms with E-state index in [1.165, 1.54) is 0 Å². The Morgan fingerprint density at radius 1 is 1.03 bits per heavy atom. The number of carbonyl (C=O) groups is 2. The summed E-state index contributed by atoms with van der Waals surface area (Å²) in [6, 6.07) is 24.5. The van der Waals surface area contributed by atoms with Crippen LogP contribution >= 0.6 is 0 Å². The molecule has 3 aromatic rings. The van der Waals surface area contributed by atoms with Crippen LogP contribution in [0.5, 0.6) is 5.75 Å². The molecule has 0 bridgehead atoms. The van der Waals surface area contributed by atoms with Gasteiger partial charge in [-0.1, -0.05) is 30.3 Å². The molecule has 0 radical (unpaired) electrons. The summed E-state index contributed by atoms with van der Waals surface area (Å²) >= 11 is 0. The summed E-state index contributed by atoms with van der Waals surface area (Å²) in [6.07, 6.45) is -5.19. The van der Waals surface area contributed by atoms with E-state index in [9.17, 15) is 18.0 Å². The number of amides is 1. The number of anilines is 1. The third kappa shape index (κ3) is 4.94. The van der Waals surface area contributed by atoms with Crippen molar-refractivity contribution in [3.63, 3.8) is 0 Å². The summed E-state index contributed by atoms with van der Waals surface area (Å²) < 4.78 is 36.8. The number of carboxylic acid groups (broad SMARTS) is 1. The molecule has 1 heterocycles. The van der Waals surface area contributed by atoms with Gasteiger partial charge in [0.2, 0.25) is 11.3 Å². The van der Waals surface area contributed by atoms with Gasteiger partial charge < -0.3 is 19.5 Å². The lowest BCUT2D eigenvalue weighted by atomic mass is 9.64. The molecular weight excluding hydrogens is 463 g/mol. The predicted molar refractivity (Wildman–Crippen MR) is 119 cm³/mol. The zero-order chi connectivity index (χ0) is 25.8. The number of hydrogen-bond acceptors (Lipinski definition) is 5. The molecule has 4 rings (SSSR count). The fourth-order valence-corrected chi connectivity index (χ4v) is 3.96. The van der Waals surface area contributed by atoms with Gasteiger partial charge in [0.25, 0.3) is 0 Å². The van der Waals surface area contributed by atoms with E-state index in [2.05, 4.69) is 4.98 Å². The lowest BCUT2D eigenvalue weighted by Crippen LogP contribution is -2.65. The van der Waals surface area contributed by atoms with Crippen molar-refractivity contribution >= 4 is 23.3 Å². The maximum atomic E-state index is 13.4. The number of aliphatic carboxylic acids is 1. The molecule has 3 aromatic carbocycles. The first-order chi connectivity index (χ1) is 16.5. The van der Waals surface area contributed by atoms with Crippen LogP contribution in [0.1, 0.15) is 24.1 Å². The van der Waals surface area contributed by atoms with E-state index in [-0.39, 0.29) is 11.9 Å². The average Bonchev–Trinajstić information content (AvgIpc) is 2.87. The number of alkyl halides is 3. The molecule has 0 aliphatic carbocycles. The van der Waals surface area contributed by atoms with Gasteiger partial charge in [-0.15, -0.1) is 0 Å². The first kappa shape index (κ1) is 25.2. The lowest BCUT2D eigenvalue weighted by molar-refractivity contribution is -0.344. The summed E-state index contributed by atoms with van der Waals surface area (Å²) in [7, 11) is 1.63. The highest BCUT2D eigenvalue weighted by molar-refractivity contribution is 6.10. The minimum absolute atomic E-state index is 0.0354. The fourth-order valence-electron chi connectivity index (χ4n) is 3.96. The molecule has 1 fully saturated rings. The third-order valence-electron chi connectivity index (χ3n) is 5.75. The Kier molecular flexibility index (Phi) is 7.10. The molecule has 1 amide bonds. The Bertz CT molecular complexity index is 1240. The number of benzene rings is 3. The summed E-state index contributed by atoms with van der Waals surface area (Å²) in [5.74, 6) is -2.20. The number of carbonyl (C=O) groups excluding carboxylic acids is 2. The Hall–Kier alpha value is -4.39. The van der Waals surface area contributed by atoms with Gasteiger partial charge in [0.1, 0.15) is 11.7 Å². The molecule has 0 spiro atoms. The van der Waals surface area contributed by atoms with E-state index in [0.29, 0.717) is 5.69 Å². The Morgan fingerprint density at radius 2 is 1.57 bits per heavy atom. The van der Waals surface area contributed by atoms with Gasteiger partial charge in [0.05, 0.1) is 18.6 Å². The smallest absolute Gasteiger partial charge is 0.430 e. The van der Waals surface area contributed by atoms with Crippen LogP contribution in [0.15, 0.2) is 78.9 Å². The Morgan fingerprint density at radius 3 is 2.03 bits per heavy atom. The summed E-state index contributed by atoms with van der Waals surface area (Å²) in [4.78, 5) is 27.2. The van der Waals surface area contributed by atoms with E-state index in [1.807, 2.05) is 78.6 Å². The predicted octanol–water partition coefficient (Wildman–Crippen LogP) is 4.52. The second-order valence-corrected chi connectivity index (χ2v) is 7.82. The molecule has 2 atom stereocenters. The van der Waals surface area contributed by atoms with Crippen molar-refractivity contribution in [1.82, 2.24) is 0 Å². The summed E-state index contributed by atoms with van der Waals surface area (Å²) in [5.41, 5.74) is 2.52. The van der Waals surface area contributed by atoms with Gasteiger partial charge in [-0.3, -0.25) is 4.79 Å². The number of halogens is 3. The van der Waals surface area contributed by atoms with Gasteiger partial charge in [-0.05, 0) is 54.4 Å². The quantitative estimate of drug-likeness (QED) is 0.401. The van der Waals surface area contributed by atoms with Crippen LogP contribution in [0.4, 0.5) is 24.5 Å². The SMILES string of the molecule is COc1ccc([C@H]2N(c3ccccc3)C(=O)[C@]2(C)c2ccc([N+]#N)cc2)cc1.O=C([O-])C(F)(F)F. The number of β-lactam (4-membered cyclic amide) rings is 1. The zero-order valence-corrected chi connectivity index (χ0v) is 18.7. The first-order valence-electron chi connectivity index (χ1n) is 10.3. The third-order valence-corrected chi connectivity index (χ3v) is 5.75. The van der Waals surface area contributed by atoms with Gasteiger partial charge >= 0.3 is 11.9 Å². The second kappa shape index (κ2) is 9.85. The minimum Gasteiger partial charge on any atom is -0.542 e. The average molecular weight is 483 g/mol. The van der Waals surface area contributed by atoms with Crippen molar-refractivity contribution in [2.24, 2.45) is 0 Å². The van der Waals surface area contributed by atoms with E-state index in [0.717, 1.165) is 22.6 Å². The lowest BCUT2D eigenvalue weighted by Gasteiger charge is -2.55. The Labute approximate surface area is 199 Å². The summed E-state index contributed by atoms with van der Waals surface area (Å²) in [5, 5.41) is 17.7. The minimum atomic E-state index is -5.19. The van der Waals surface area contributed by atoms with Crippen LogP contribution in [0.3, 0.4) is 0 Å². The van der Waals surface area contributed by atoms with Crippen LogP contribution in [0.25, 0.3) is 4.98 Å². The highest BCUT2D eigenvalue weighted by Crippen LogP contribution is 2.53. The highest BCUT2D eigenvalue weighted by atomic mass is 19.4. The first-order valence-corrected chi connectivity index (χ1v) is 10.3. The van der Waals surface area contributed by atoms with Crippen LogP contribution in [-0.2, 0) is 15.0 Å². The van der Waals surface area contributed by atoms with Gasteiger partial charge in [-0.25, -0.2) is 0 Å². The molecule has 1 aliphatic rings. The van der Waals surface area contributed by atoms with E-state index in [4.69, 9.17) is 20.0 Å². The van der Waals surface area contributed by atoms with Crippen LogP contribution in [-0.4, -0.2) is 25.2 Å². The number of nitrogens with zero attached hydrogens (tertiary/aromatic N) is 3. The van der Waals surface area contributed by atoms with E-state index < -0.39 is 17.6 Å². The number of carboxylic acids is 1. The molecule has 180 valence electrons. The highest BCUT2D eigenvalue weighted by Gasteiger charge is 2.59. The largest absolute Gasteiger partial charge is 0.542 e. The molecule has 0 N–H and O–H groups in total. The van der Waals surface area contributed by atoms with Gasteiger partial charge in [-0.2, -0.15) is 13.2 Å². The van der Waals surface area contributed by atoms with Crippen molar-refractivity contribution in [2.75, 3.05) is 12.0 Å².